The van der Waals surface area contributed by atoms with E-state index in [9.17, 15) is 9.59 Å². The summed E-state index contributed by atoms with van der Waals surface area (Å²) in [5.74, 6) is 0.0614. The molecule has 33 heavy (non-hydrogen) atoms. The van der Waals surface area contributed by atoms with Crippen LogP contribution in [-0.4, -0.2) is 24.7 Å². The molecule has 0 radical (unpaired) electrons. The second kappa shape index (κ2) is 10.4. The van der Waals surface area contributed by atoms with Gasteiger partial charge in [0.25, 0.3) is 5.91 Å². The van der Waals surface area contributed by atoms with E-state index in [4.69, 9.17) is 21.1 Å². The van der Waals surface area contributed by atoms with Gasteiger partial charge >= 0.3 is 5.97 Å². The highest BCUT2D eigenvalue weighted by Crippen LogP contribution is 2.21. The molecule has 0 unspecified atom stereocenters. The quantitative estimate of drug-likeness (QED) is 0.178. The zero-order valence-electron chi connectivity index (χ0n) is 17.4. The Morgan fingerprint density at radius 3 is 2.45 bits per heavy atom. The molecule has 1 amide bonds. The molecule has 0 spiro atoms. The van der Waals surface area contributed by atoms with Gasteiger partial charge in [0.15, 0.2) is 6.61 Å². The number of esters is 1. The zero-order chi connectivity index (χ0) is 23.0. The normalized spacial score (nSPS) is 10.8. The van der Waals surface area contributed by atoms with E-state index in [-0.39, 0.29) is 6.61 Å². The number of amides is 1. The molecule has 0 aromatic heterocycles. The van der Waals surface area contributed by atoms with Crippen LogP contribution < -0.4 is 14.9 Å². The molecule has 4 aromatic rings. The highest BCUT2D eigenvalue weighted by molar-refractivity contribution is 6.30. The zero-order valence-corrected chi connectivity index (χ0v) is 18.2. The second-order valence-corrected chi connectivity index (χ2v) is 7.46. The van der Waals surface area contributed by atoms with Crippen molar-refractivity contribution >= 4 is 40.5 Å². The molecular formula is C26H19ClN2O4. The van der Waals surface area contributed by atoms with Crippen LogP contribution in [0.25, 0.3) is 10.8 Å². The lowest BCUT2D eigenvalue weighted by Gasteiger charge is -2.07. The Kier molecular flexibility index (Phi) is 6.97. The van der Waals surface area contributed by atoms with Crippen LogP contribution in [-0.2, 0) is 4.79 Å². The molecule has 7 heteroatoms. The van der Waals surface area contributed by atoms with Crippen molar-refractivity contribution in [3.63, 3.8) is 0 Å². The van der Waals surface area contributed by atoms with E-state index < -0.39 is 11.9 Å². The molecule has 0 saturated heterocycles. The molecule has 0 bridgehead atoms. The van der Waals surface area contributed by atoms with Crippen LogP contribution in [0, 0.1) is 0 Å². The molecule has 4 rings (SSSR count). The summed E-state index contributed by atoms with van der Waals surface area (Å²) in [5, 5.41) is 6.24. The standard InChI is InChI=1S/C26H19ClN2O4/c27-20-7-4-8-22(15-20)32-17-25(30)29-28-16-18-11-13-21(14-12-18)33-26(31)24-10-3-6-19-5-1-2-9-23(19)24/h1-16H,17H2,(H,29,30)/b28-16-. The molecule has 0 aliphatic rings. The molecule has 6 nitrogen and oxygen atoms in total. The van der Waals surface area contributed by atoms with E-state index in [0.29, 0.717) is 22.1 Å². The summed E-state index contributed by atoms with van der Waals surface area (Å²) >= 11 is 5.87. The molecule has 0 atom stereocenters. The van der Waals surface area contributed by atoms with Crippen LogP contribution in [0.3, 0.4) is 0 Å². The van der Waals surface area contributed by atoms with Crippen molar-refractivity contribution in [2.75, 3.05) is 6.61 Å². The molecular weight excluding hydrogens is 440 g/mol. The van der Waals surface area contributed by atoms with Gasteiger partial charge in [-0.05, 0) is 64.9 Å². The fourth-order valence-electron chi connectivity index (χ4n) is 3.10. The topological polar surface area (TPSA) is 77.0 Å². The third-order valence-electron chi connectivity index (χ3n) is 4.67. The first kappa shape index (κ1) is 22.0. The van der Waals surface area contributed by atoms with Gasteiger partial charge in [0.2, 0.25) is 0 Å². The number of nitrogens with one attached hydrogen (secondary N) is 1. The lowest BCUT2D eigenvalue weighted by atomic mass is 10.0. The molecule has 1 N–H and O–H groups in total. The van der Waals surface area contributed by atoms with Crippen LogP contribution in [0.1, 0.15) is 15.9 Å². The first-order valence-corrected chi connectivity index (χ1v) is 10.5. The summed E-state index contributed by atoms with van der Waals surface area (Å²) < 4.78 is 10.9. The maximum absolute atomic E-state index is 12.6. The molecule has 0 aliphatic heterocycles. The first-order chi connectivity index (χ1) is 16.1. The van der Waals surface area contributed by atoms with Crippen molar-refractivity contribution in [1.82, 2.24) is 5.43 Å². The van der Waals surface area contributed by atoms with E-state index in [2.05, 4.69) is 10.5 Å². The number of benzene rings is 4. The summed E-state index contributed by atoms with van der Waals surface area (Å²) in [5.41, 5.74) is 3.61. The predicted molar refractivity (Wildman–Crippen MR) is 128 cm³/mol. The number of carbonyl (C=O) groups excluding carboxylic acids is 2. The third-order valence-corrected chi connectivity index (χ3v) is 4.90. The van der Waals surface area contributed by atoms with Crippen molar-refractivity contribution in [3.05, 3.63) is 107 Å². The fourth-order valence-corrected chi connectivity index (χ4v) is 3.28. The van der Waals surface area contributed by atoms with Crippen LogP contribution >= 0.6 is 11.6 Å². The Bertz CT molecular complexity index is 1310. The number of hydrogen-bond donors (Lipinski definition) is 1. The maximum atomic E-state index is 12.6. The van der Waals surface area contributed by atoms with Gasteiger partial charge in [-0.15, -0.1) is 0 Å². The number of ether oxygens (including phenoxy) is 2. The van der Waals surface area contributed by atoms with Crippen molar-refractivity contribution in [2.24, 2.45) is 5.10 Å². The van der Waals surface area contributed by atoms with Crippen LogP contribution in [0.15, 0.2) is 96.1 Å². The maximum Gasteiger partial charge on any atom is 0.344 e. The first-order valence-electron chi connectivity index (χ1n) is 10.1. The minimum atomic E-state index is -0.430. The van der Waals surface area contributed by atoms with E-state index in [1.165, 1.54) is 6.21 Å². The van der Waals surface area contributed by atoms with Crippen molar-refractivity contribution in [3.8, 4) is 11.5 Å². The SMILES string of the molecule is O=C(COc1cccc(Cl)c1)N/N=C\c1ccc(OC(=O)c2cccc3ccccc23)cc1. The fraction of sp³-hybridized carbons (Fsp3) is 0.0385. The smallest absolute Gasteiger partial charge is 0.344 e. The van der Waals surface area contributed by atoms with Gasteiger partial charge in [-0.2, -0.15) is 5.10 Å². The average Bonchev–Trinajstić information content (AvgIpc) is 2.83. The van der Waals surface area contributed by atoms with E-state index in [1.807, 2.05) is 36.4 Å². The lowest BCUT2D eigenvalue weighted by Crippen LogP contribution is -2.24. The van der Waals surface area contributed by atoms with E-state index in [1.54, 1.807) is 54.6 Å². The lowest BCUT2D eigenvalue weighted by molar-refractivity contribution is -0.123. The summed E-state index contributed by atoms with van der Waals surface area (Å²) in [6, 6.07) is 26.7. The third kappa shape index (κ3) is 5.96. The van der Waals surface area contributed by atoms with Crippen LogP contribution in [0.5, 0.6) is 11.5 Å². The minimum absolute atomic E-state index is 0.194. The summed E-state index contributed by atoms with van der Waals surface area (Å²) in [4.78, 5) is 24.5. The number of hydrazone groups is 1. The molecule has 164 valence electrons. The minimum Gasteiger partial charge on any atom is -0.484 e. The number of hydrogen-bond acceptors (Lipinski definition) is 5. The second-order valence-electron chi connectivity index (χ2n) is 7.02. The van der Waals surface area contributed by atoms with Gasteiger partial charge in [-0.25, -0.2) is 10.2 Å². The van der Waals surface area contributed by atoms with Gasteiger partial charge in [-0.3, -0.25) is 4.79 Å². The van der Waals surface area contributed by atoms with Gasteiger partial charge in [0, 0.05) is 5.02 Å². The van der Waals surface area contributed by atoms with Crippen molar-refractivity contribution in [1.29, 1.82) is 0 Å². The van der Waals surface area contributed by atoms with Crippen molar-refractivity contribution in [2.45, 2.75) is 0 Å². The molecule has 0 heterocycles. The molecule has 0 fully saturated rings. The summed E-state index contributed by atoms with van der Waals surface area (Å²) in [6.07, 6.45) is 1.48. The van der Waals surface area contributed by atoms with Crippen LogP contribution in [0.4, 0.5) is 0 Å². The predicted octanol–water partition coefficient (Wildman–Crippen LogP) is 5.24. The molecule has 0 saturated carbocycles. The number of fused-ring (bicyclic) bond motifs is 1. The Balaban J connectivity index is 1.30. The highest BCUT2D eigenvalue weighted by atomic mass is 35.5. The monoisotopic (exact) mass is 458 g/mol. The Labute approximate surface area is 195 Å². The van der Waals surface area contributed by atoms with Crippen LogP contribution in [0.2, 0.25) is 5.02 Å². The number of halogens is 1. The Hall–Kier alpha value is -4.16. The number of carbonyl (C=O) groups is 2. The molecule has 0 aliphatic carbocycles. The van der Waals surface area contributed by atoms with E-state index in [0.717, 1.165) is 16.3 Å². The van der Waals surface area contributed by atoms with Gasteiger partial charge in [0.1, 0.15) is 11.5 Å². The van der Waals surface area contributed by atoms with Gasteiger partial charge in [-0.1, -0.05) is 54.1 Å². The number of rotatable bonds is 7. The molecule has 4 aromatic carbocycles. The number of nitrogens with zero attached hydrogens (tertiary/aromatic N) is 1. The Morgan fingerprint density at radius 2 is 1.64 bits per heavy atom. The average molecular weight is 459 g/mol. The van der Waals surface area contributed by atoms with Crippen molar-refractivity contribution < 1.29 is 19.1 Å². The largest absolute Gasteiger partial charge is 0.484 e. The summed E-state index contributed by atoms with van der Waals surface area (Å²) in [6.45, 7) is -0.194. The highest BCUT2D eigenvalue weighted by Gasteiger charge is 2.12. The Morgan fingerprint density at radius 1 is 0.879 bits per heavy atom. The summed E-state index contributed by atoms with van der Waals surface area (Å²) in [7, 11) is 0. The van der Waals surface area contributed by atoms with Gasteiger partial charge in [0.05, 0.1) is 11.8 Å². The van der Waals surface area contributed by atoms with Gasteiger partial charge < -0.3 is 9.47 Å². The van der Waals surface area contributed by atoms with E-state index >= 15 is 0 Å².